The van der Waals surface area contributed by atoms with Crippen LogP contribution in [0.3, 0.4) is 0 Å². The molecule has 1 saturated heterocycles. The third kappa shape index (κ3) is 2.03. The molecule has 0 spiro atoms. The summed E-state index contributed by atoms with van der Waals surface area (Å²) >= 11 is 1.75. The van der Waals surface area contributed by atoms with E-state index in [-0.39, 0.29) is 0 Å². The molecule has 0 aliphatic carbocycles. The molecule has 1 aliphatic heterocycles. The largest absolute Gasteiger partial charge is 0.369 e. The minimum absolute atomic E-state index is 0.351. The molecule has 1 aromatic heterocycles. The van der Waals surface area contributed by atoms with Crippen molar-refractivity contribution >= 4 is 17.0 Å². The zero-order valence-electron chi connectivity index (χ0n) is 7.94. The minimum atomic E-state index is 0.351. The highest BCUT2D eigenvalue weighted by atomic mass is 32.1. The van der Waals surface area contributed by atoms with Crippen LogP contribution in [0.1, 0.15) is 13.3 Å². The number of piperidine rings is 1. The van der Waals surface area contributed by atoms with Gasteiger partial charge in [0.1, 0.15) is 0 Å². The van der Waals surface area contributed by atoms with Crippen LogP contribution in [0.5, 0.6) is 0 Å². The summed E-state index contributed by atoms with van der Waals surface area (Å²) in [6.45, 7) is 4.45. The monoisotopic (exact) mass is 196 g/mol. The summed E-state index contributed by atoms with van der Waals surface area (Å²) in [6, 6.07) is 2.53. The Labute approximate surface area is 83.4 Å². The maximum Gasteiger partial charge on any atom is 0.0475 e. The molecule has 2 rings (SSSR count). The summed E-state index contributed by atoms with van der Waals surface area (Å²) in [5, 5.41) is 4.32. The van der Waals surface area contributed by atoms with Crippen molar-refractivity contribution in [2.45, 2.75) is 19.4 Å². The lowest BCUT2D eigenvalue weighted by Crippen LogP contribution is -2.46. The van der Waals surface area contributed by atoms with Gasteiger partial charge in [0, 0.05) is 30.2 Å². The van der Waals surface area contributed by atoms with Crippen molar-refractivity contribution in [3.63, 3.8) is 0 Å². The summed E-state index contributed by atoms with van der Waals surface area (Å²) in [6.07, 6.45) is 1.17. The second kappa shape index (κ2) is 3.68. The van der Waals surface area contributed by atoms with Gasteiger partial charge in [-0.3, -0.25) is 0 Å². The fourth-order valence-corrected chi connectivity index (χ4v) is 2.71. The lowest BCUT2D eigenvalue weighted by Gasteiger charge is -2.35. The zero-order chi connectivity index (χ0) is 9.26. The summed E-state index contributed by atoms with van der Waals surface area (Å²) in [4.78, 5) is 2.40. The first-order chi connectivity index (χ1) is 6.25. The van der Waals surface area contributed by atoms with Crippen LogP contribution >= 0.6 is 11.3 Å². The molecule has 1 fully saturated rings. The molecule has 72 valence electrons. The van der Waals surface area contributed by atoms with E-state index in [1.54, 1.807) is 11.3 Å². The molecule has 2 nitrogen and oxygen atoms in total. The van der Waals surface area contributed by atoms with Crippen molar-refractivity contribution in [2.75, 3.05) is 18.0 Å². The average molecular weight is 196 g/mol. The van der Waals surface area contributed by atoms with Gasteiger partial charge in [0.2, 0.25) is 0 Å². The highest BCUT2D eigenvalue weighted by molar-refractivity contribution is 7.08. The van der Waals surface area contributed by atoms with Gasteiger partial charge in [0.25, 0.3) is 0 Å². The van der Waals surface area contributed by atoms with Crippen LogP contribution in [0.4, 0.5) is 5.69 Å². The van der Waals surface area contributed by atoms with Crippen LogP contribution in [-0.2, 0) is 0 Å². The highest BCUT2D eigenvalue weighted by Crippen LogP contribution is 2.24. The van der Waals surface area contributed by atoms with Crippen LogP contribution < -0.4 is 10.6 Å². The minimum Gasteiger partial charge on any atom is -0.369 e. The number of rotatable bonds is 1. The standard InChI is InChI=1S/C10H16N2S/c1-8-4-9(11)6-12(5-8)10-2-3-13-7-10/h2-3,7-9H,4-6,11H2,1H3. The van der Waals surface area contributed by atoms with Crippen LogP contribution in [0.2, 0.25) is 0 Å². The smallest absolute Gasteiger partial charge is 0.0475 e. The summed E-state index contributed by atoms with van der Waals surface area (Å²) in [5.74, 6) is 0.726. The number of nitrogens with zero attached hydrogens (tertiary/aromatic N) is 1. The average Bonchev–Trinajstić information content (AvgIpc) is 2.53. The molecular formula is C10H16N2S. The van der Waals surface area contributed by atoms with Gasteiger partial charge in [-0.25, -0.2) is 0 Å². The predicted octanol–water partition coefficient (Wildman–Crippen LogP) is 1.92. The maximum absolute atomic E-state index is 5.98. The predicted molar refractivity (Wildman–Crippen MR) is 58.3 cm³/mol. The Bertz CT molecular complexity index is 248. The lowest BCUT2D eigenvalue weighted by molar-refractivity contribution is 0.402. The van der Waals surface area contributed by atoms with Gasteiger partial charge in [0.15, 0.2) is 0 Å². The summed E-state index contributed by atoms with van der Waals surface area (Å²) in [7, 11) is 0. The Balaban J connectivity index is 2.07. The van der Waals surface area contributed by atoms with Gasteiger partial charge in [-0.15, -0.1) is 0 Å². The van der Waals surface area contributed by atoms with Gasteiger partial charge < -0.3 is 10.6 Å². The van der Waals surface area contributed by atoms with Crippen molar-refractivity contribution in [3.8, 4) is 0 Å². The van der Waals surface area contributed by atoms with Crippen molar-refractivity contribution < 1.29 is 0 Å². The van der Waals surface area contributed by atoms with E-state index in [2.05, 4.69) is 28.7 Å². The summed E-state index contributed by atoms with van der Waals surface area (Å²) in [5.41, 5.74) is 7.32. The number of nitrogens with two attached hydrogens (primary N) is 1. The van der Waals surface area contributed by atoms with E-state index in [1.165, 1.54) is 12.1 Å². The summed E-state index contributed by atoms with van der Waals surface area (Å²) < 4.78 is 0. The Morgan fingerprint density at radius 1 is 1.54 bits per heavy atom. The second-order valence-electron chi connectivity index (χ2n) is 3.99. The second-order valence-corrected chi connectivity index (χ2v) is 4.77. The quantitative estimate of drug-likeness (QED) is 0.743. The first-order valence-electron chi connectivity index (χ1n) is 4.78. The van der Waals surface area contributed by atoms with Crippen LogP contribution in [0.25, 0.3) is 0 Å². The fourth-order valence-electron chi connectivity index (χ4n) is 2.05. The number of hydrogen-bond donors (Lipinski definition) is 1. The van der Waals surface area contributed by atoms with Crippen LogP contribution in [0.15, 0.2) is 16.8 Å². The normalized spacial score (nSPS) is 29.2. The highest BCUT2D eigenvalue weighted by Gasteiger charge is 2.22. The molecule has 2 N–H and O–H groups in total. The Kier molecular flexibility index (Phi) is 2.56. The van der Waals surface area contributed by atoms with Gasteiger partial charge in [-0.2, -0.15) is 11.3 Å². The number of hydrogen-bond acceptors (Lipinski definition) is 3. The molecule has 13 heavy (non-hydrogen) atoms. The first-order valence-corrected chi connectivity index (χ1v) is 5.72. The van der Waals surface area contributed by atoms with Crippen LogP contribution in [0, 0.1) is 5.92 Å². The van der Waals surface area contributed by atoms with E-state index in [4.69, 9.17) is 5.73 Å². The van der Waals surface area contributed by atoms with Gasteiger partial charge in [0.05, 0.1) is 0 Å². The Morgan fingerprint density at radius 2 is 2.38 bits per heavy atom. The number of thiophene rings is 1. The van der Waals surface area contributed by atoms with E-state index in [9.17, 15) is 0 Å². The van der Waals surface area contributed by atoms with Gasteiger partial charge >= 0.3 is 0 Å². The maximum atomic E-state index is 5.98. The Hall–Kier alpha value is -0.540. The molecule has 0 saturated carbocycles. The fraction of sp³-hybridized carbons (Fsp3) is 0.600. The van der Waals surface area contributed by atoms with Crippen molar-refractivity contribution in [1.29, 1.82) is 0 Å². The molecule has 0 amide bonds. The SMILES string of the molecule is CC1CC(N)CN(c2ccsc2)C1. The molecule has 2 atom stereocenters. The van der Waals surface area contributed by atoms with Gasteiger partial charge in [-0.1, -0.05) is 6.92 Å². The molecule has 0 radical (unpaired) electrons. The Morgan fingerprint density at radius 3 is 3.00 bits per heavy atom. The zero-order valence-corrected chi connectivity index (χ0v) is 8.76. The molecule has 0 bridgehead atoms. The van der Waals surface area contributed by atoms with Crippen molar-refractivity contribution in [3.05, 3.63) is 16.8 Å². The van der Waals surface area contributed by atoms with Crippen molar-refractivity contribution in [2.24, 2.45) is 11.7 Å². The third-order valence-corrected chi connectivity index (χ3v) is 3.23. The molecule has 0 aromatic carbocycles. The van der Waals surface area contributed by atoms with E-state index in [1.807, 2.05) is 0 Å². The molecule has 3 heteroatoms. The topological polar surface area (TPSA) is 29.3 Å². The number of anilines is 1. The van der Waals surface area contributed by atoms with E-state index in [0.29, 0.717) is 6.04 Å². The van der Waals surface area contributed by atoms with E-state index < -0.39 is 0 Å². The van der Waals surface area contributed by atoms with Crippen LogP contribution in [-0.4, -0.2) is 19.1 Å². The molecule has 1 aliphatic rings. The molecule has 2 heterocycles. The first kappa shape index (κ1) is 9.03. The molecule has 1 aromatic rings. The molecule has 2 unspecified atom stereocenters. The van der Waals surface area contributed by atoms with E-state index >= 15 is 0 Å². The molecular weight excluding hydrogens is 180 g/mol. The van der Waals surface area contributed by atoms with Crippen molar-refractivity contribution in [1.82, 2.24) is 0 Å². The third-order valence-electron chi connectivity index (χ3n) is 2.56. The van der Waals surface area contributed by atoms with Gasteiger partial charge in [-0.05, 0) is 23.8 Å². The van der Waals surface area contributed by atoms with E-state index in [0.717, 1.165) is 19.0 Å². The lowest BCUT2D eigenvalue weighted by atomic mass is 9.96.